The van der Waals surface area contributed by atoms with Crippen LogP contribution in [0.2, 0.25) is 5.02 Å². The van der Waals surface area contributed by atoms with E-state index in [-0.39, 0.29) is 22.7 Å². The van der Waals surface area contributed by atoms with Gasteiger partial charge in [0.2, 0.25) is 0 Å². The summed E-state index contributed by atoms with van der Waals surface area (Å²) >= 11 is 6.15. The summed E-state index contributed by atoms with van der Waals surface area (Å²) < 4.78 is 14.0. The largest absolute Gasteiger partial charge is 0.378 e. The van der Waals surface area contributed by atoms with Gasteiger partial charge >= 0.3 is 0 Å². The fourth-order valence-corrected chi connectivity index (χ4v) is 4.66. The second-order valence-corrected chi connectivity index (χ2v) is 7.50. The molecule has 1 aromatic carbocycles. The van der Waals surface area contributed by atoms with Crippen LogP contribution < -0.4 is 5.32 Å². The molecule has 0 heterocycles. The lowest BCUT2D eigenvalue weighted by atomic mass is 9.68. The average molecular weight is 282 g/mol. The zero-order valence-electron chi connectivity index (χ0n) is 11.8. The van der Waals surface area contributed by atoms with Gasteiger partial charge in [0, 0.05) is 6.04 Å². The fraction of sp³-hybridized carbons (Fsp3) is 0.625. The molecule has 3 rings (SSSR count). The van der Waals surface area contributed by atoms with Crippen molar-refractivity contribution in [1.29, 1.82) is 0 Å². The quantitative estimate of drug-likeness (QED) is 0.795. The van der Waals surface area contributed by atoms with Crippen LogP contribution in [0.5, 0.6) is 0 Å². The minimum absolute atomic E-state index is 0.193. The first-order chi connectivity index (χ1) is 8.84. The molecule has 2 aliphatic carbocycles. The monoisotopic (exact) mass is 281 g/mol. The number of hydrogen-bond acceptors (Lipinski definition) is 1. The maximum Gasteiger partial charge on any atom is 0.147 e. The van der Waals surface area contributed by atoms with Crippen LogP contribution in [0.15, 0.2) is 18.2 Å². The van der Waals surface area contributed by atoms with Crippen LogP contribution in [0.3, 0.4) is 0 Å². The van der Waals surface area contributed by atoms with Gasteiger partial charge in [-0.05, 0) is 48.1 Å². The first-order valence-electron chi connectivity index (χ1n) is 7.05. The van der Waals surface area contributed by atoms with Crippen LogP contribution in [0, 0.1) is 22.6 Å². The van der Waals surface area contributed by atoms with Crippen molar-refractivity contribution in [2.24, 2.45) is 16.7 Å². The third-order valence-electron chi connectivity index (χ3n) is 5.52. The molecule has 2 fully saturated rings. The van der Waals surface area contributed by atoms with Crippen LogP contribution in [0.1, 0.15) is 40.0 Å². The number of para-hydroxylation sites is 1. The van der Waals surface area contributed by atoms with Crippen LogP contribution >= 0.6 is 11.6 Å². The van der Waals surface area contributed by atoms with Crippen molar-refractivity contribution in [2.45, 2.75) is 46.1 Å². The molecule has 19 heavy (non-hydrogen) atoms. The highest BCUT2D eigenvalue weighted by molar-refractivity contribution is 6.33. The smallest absolute Gasteiger partial charge is 0.147 e. The Morgan fingerprint density at radius 1 is 1.32 bits per heavy atom. The molecule has 1 aromatic rings. The molecule has 3 unspecified atom stereocenters. The summed E-state index contributed by atoms with van der Waals surface area (Å²) in [5, 5.41) is 3.91. The van der Waals surface area contributed by atoms with E-state index in [1.165, 1.54) is 25.3 Å². The van der Waals surface area contributed by atoms with Gasteiger partial charge in [0.25, 0.3) is 0 Å². The number of nitrogens with one attached hydrogen (secondary N) is 1. The van der Waals surface area contributed by atoms with E-state index in [1.807, 2.05) is 0 Å². The topological polar surface area (TPSA) is 12.0 Å². The number of rotatable bonds is 2. The zero-order chi connectivity index (χ0) is 13.8. The number of halogens is 2. The van der Waals surface area contributed by atoms with Crippen molar-refractivity contribution in [3.63, 3.8) is 0 Å². The predicted octanol–water partition coefficient (Wildman–Crippen LogP) is 5.11. The summed E-state index contributed by atoms with van der Waals surface area (Å²) in [6.45, 7) is 6.93. The lowest BCUT2D eigenvalue weighted by Crippen LogP contribution is -2.46. The van der Waals surface area contributed by atoms with Gasteiger partial charge in [-0.3, -0.25) is 0 Å². The first-order valence-corrected chi connectivity index (χ1v) is 7.43. The Morgan fingerprint density at radius 2 is 2.05 bits per heavy atom. The molecule has 104 valence electrons. The van der Waals surface area contributed by atoms with Crippen molar-refractivity contribution in [3.05, 3.63) is 29.0 Å². The maximum absolute atomic E-state index is 14.0. The van der Waals surface area contributed by atoms with E-state index >= 15 is 0 Å². The summed E-state index contributed by atoms with van der Waals surface area (Å²) in [4.78, 5) is 0. The zero-order valence-corrected chi connectivity index (χ0v) is 12.5. The molecule has 0 saturated heterocycles. The average Bonchev–Trinajstić information content (AvgIpc) is 2.78. The minimum atomic E-state index is -0.255. The van der Waals surface area contributed by atoms with Crippen molar-refractivity contribution >= 4 is 17.3 Å². The molecule has 3 heteroatoms. The molecular weight excluding hydrogens is 261 g/mol. The van der Waals surface area contributed by atoms with Gasteiger partial charge in [-0.25, -0.2) is 4.39 Å². The first kappa shape index (κ1) is 13.2. The van der Waals surface area contributed by atoms with Crippen LogP contribution in [0.4, 0.5) is 10.1 Å². The van der Waals surface area contributed by atoms with Gasteiger partial charge in [-0.15, -0.1) is 0 Å². The van der Waals surface area contributed by atoms with Gasteiger partial charge in [0.05, 0.1) is 10.7 Å². The van der Waals surface area contributed by atoms with E-state index in [0.717, 1.165) is 5.92 Å². The van der Waals surface area contributed by atoms with Crippen molar-refractivity contribution in [1.82, 2.24) is 0 Å². The third-order valence-corrected chi connectivity index (χ3v) is 5.84. The highest BCUT2D eigenvalue weighted by Crippen LogP contribution is 2.63. The standard InChI is InChI=1S/C16H21ClFN/c1-15(2)10-7-8-16(3,9-10)14(15)19-13-11(17)5-4-6-12(13)18/h4-6,10,14,19H,7-9H2,1-3H3. The molecule has 0 spiro atoms. The molecule has 1 nitrogen and oxygen atoms in total. The Bertz CT molecular complexity index is 488. The third kappa shape index (κ3) is 1.87. The van der Waals surface area contributed by atoms with Crippen LogP contribution in [0.25, 0.3) is 0 Å². The Balaban J connectivity index is 1.95. The van der Waals surface area contributed by atoms with Gasteiger partial charge in [0.1, 0.15) is 5.82 Å². The van der Waals surface area contributed by atoms with Gasteiger partial charge < -0.3 is 5.32 Å². The summed E-state index contributed by atoms with van der Waals surface area (Å²) in [6, 6.07) is 5.15. The Hall–Kier alpha value is -0.760. The second kappa shape index (κ2) is 4.12. The Kier molecular flexibility index (Phi) is 2.87. The van der Waals surface area contributed by atoms with Crippen LogP contribution in [-0.2, 0) is 0 Å². The number of anilines is 1. The summed E-state index contributed by atoms with van der Waals surface area (Å²) in [5.41, 5.74) is 0.925. The van der Waals surface area contributed by atoms with Crippen molar-refractivity contribution < 1.29 is 4.39 Å². The number of fused-ring (bicyclic) bond motifs is 2. The molecule has 2 saturated carbocycles. The Labute approximate surface area is 119 Å². The lowest BCUT2D eigenvalue weighted by molar-refractivity contribution is 0.155. The van der Waals surface area contributed by atoms with E-state index in [9.17, 15) is 4.39 Å². The van der Waals surface area contributed by atoms with E-state index in [2.05, 4.69) is 26.1 Å². The summed E-state index contributed by atoms with van der Waals surface area (Å²) in [5.74, 6) is 0.482. The molecule has 2 aliphatic rings. The van der Waals surface area contributed by atoms with E-state index in [0.29, 0.717) is 10.7 Å². The van der Waals surface area contributed by atoms with Crippen LogP contribution in [-0.4, -0.2) is 6.04 Å². The van der Waals surface area contributed by atoms with Gasteiger partial charge in [-0.2, -0.15) is 0 Å². The van der Waals surface area contributed by atoms with E-state index in [4.69, 9.17) is 11.6 Å². The van der Waals surface area contributed by atoms with Gasteiger partial charge in [-0.1, -0.05) is 38.4 Å². The van der Waals surface area contributed by atoms with Gasteiger partial charge in [0.15, 0.2) is 0 Å². The number of benzene rings is 1. The molecule has 0 aromatic heterocycles. The highest BCUT2D eigenvalue weighted by atomic mass is 35.5. The summed E-state index contributed by atoms with van der Waals surface area (Å²) in [6.07, 6.45) is 3.77. The maximum atomic E-state index is 14.0. The molecule has 0 radical (unpaired) electrons. The molecule has 0 amide bonds. The normalized spacial score (nSPS) is 35.6. The highest BCUT2D eigenvalue weighted by Gasteiger charge is 2.59. The fourth-order valence-electron chi connectivity index (χ4n) is 4.44. The predicted molar refractivity (Wildman–Crippen MR) is 78.0 cm³/mol. The van der Waals surface area contributed by atoms with E-state index < -0.39 is 0 Å². The molecule has 0 aliphatic heterocycles. The van der Waals surface area contributed by atoms with Crippen molar-refractivity contribution in [3.8, 4) is 0 Å². The lowest BCUT2D eigenvalue weighted by Gasteiger charge is -2.43. The summed E-state index contributed by atoms with van der Waals surface area (Å²) in [7, 11) is 0. The minimum Gasteiger partial charge on any atom is -0.378 e. The molecular formula is C16H21ClFN. The van der Waals surface area contributed by atoms with Crippen molar-refractivity contribution in [2.75, 3.05) is 5.32 Å². The second-order valence-electron chi connectivity index (χ2n) is 7.09. The Morgan fingerprint density at radius 3 is 2.63 bits per heavy atom. The number of hydrogen-bond donors (Lipinski definition) is 1. The molecule has 2 bridgehead atoms. The van der Waals surface area contributed by atoms with E-state index in [1.54, 1.807) is 12.1 Å². The molecule has 1 N–H and O–H groups in total. The SMILES string of the molecule is CC12CCC(C1)C(C)(C)C2Nc1c(F)cccc1Cl. The molecule has 3 atom stereocenters.